The van der Waals surface area contributed by atoms with E-state index in [0.29, 0.717) is 6.54 Å². The molecule has 0 aliphatic rings. The van der Waals surface area contributed by atoms with E-state index < -0.39 is 0 Å². The third-order valence-corrected chi connectivity index (χ3v) is 5.80. The first kappa shape index (κ1) is 18.4. The molecule has 0 fully saturated rings. The first-order valence-corrected chi connectivity index (χ1v) is 10.4. The van der Waals surface area contributed by atoms with E-state index in [2.05, 4.69) is 29.0 Å². The Hall–Kier alpha value is -2.92. The number of rotatable bonds is 6. The monoisotopic (exact) mass is 389 g/mol. The van der Waals surface area contributed by atoms with Crippen molar-refractivity contribution in [3.8, 4) is 0 Å². The number of aromatic amines is 1. The molecule has 0 radical (unpaired) electrons. The molecule has 0 bridgehead atoms. The Morgan fingerprint density at radius 3 is 2.68 bits per heavy atom. The molecular weight excluding hydrogens is 366 g/mol. The largest absolute Gasteiger partial charge is 0.342 e. The molecule has 2 heterocycles. The van der Waals surface area contributed by atoms with Crippen molar-refractivity contribution in [3.63, 3.8) is 0 Å². The minimum atomic E-state index is 0.0315. The summed E-state index contributed by atoms with van der Waals surface area (Å²) < 4.78 is 0. The fourth-order valence-corrected chi connectivity index (χ4v) is 4.21. The van der Waals surface area contributed by atoms with E-state index in [0.717, 1.165) is 51.4 Å². The Morgan fingerprint density at radius 1 is 1.14 bits per heavy atom. The Bertz CT molecular complexity index is 1100. The fourth-order valence-electron chi connectivity index (χ4n) is 3.33. The highest BCUT2D eigenvalue weighted by Crippen LogP contribution is 2.27. The van der Waals surface area contributed by atoms with E-state index in [1.165, 1.54) is 11.3 Å². The molecule has 1 amide bonds. The molecule has 0 saturated heterocycles. The van der Waals surface area contributed by atoms with Gasteiger partial charge >= 0.3 is 0 Å². The molecule has 0 saturated carbocycles. The fraction of sp³-hybridized carbons (Fsp3) is 0.217. The molecule has 142 valence electrons. The molecule has 0 aliphatic heterocycles. The van der Waals surface area contributed by atoms with E-state index in [-0.39, 0.29) is 5.91 Å². The van der Waals surface area contributed by atoms with Gasteiger partial charge < -0.3 is 9.88 Å². The second-order valence-electron chi connectivity index (χ2n) is 6.94. The molecule has 2 aromatic carbocycles. The number of aromatic nitrogens is 2. The third kappa shape index (κ3) is 3.71. The van der Waals surface area contributed by atoms with Crippen molar-refractivity contribution >= 4 is 34.0 Å². The van der Waals surface area contributed by atoms with Crippen LogP contribution < -0.4 is 4.90 Å². The van der Waals surface area contributed by atoms with Crippen molar-refractivity contribution in [1.82, 2.24) is 9.97 Å². The van der Waals surface area contributed by atoms with Crippen LogP contribution >= 0.6 is 11.3 Å². The van der Waals surface area contributed by atoms with Crippen molar-refractivity contribution in [2.45, 2.75) is 33.2 Å². The number of nitrogens with zero attached hydrogens (tertiary/aromatic N) is 2. The van der Waals surface area contributed by atoms with Gasteiger partial charge in [0.25, 0.3) is 5.91 Å². The molecule has 4 aromatic rings. The lowest BCUT2D eigenvalue weighted by atomic mass is 10.1. The standard InChI is InChI=1S/C23H23N3OS/c1-3-7-21-24-19-11-10-18(14-20(19)25-21)26(15-17-8-5-4-6-9-17)23(27)22-16(2)12-13-28-22/h4-6,8-14H,3,7,15H2,1-2H3,(H,24,25). The molecule has 5 heteroatoms. The Morgan fingerprint density at radius 2 is 1.96 bits per heavy atom. The molecule has 4 rings (SSSR count). The average molecular weight is 390 g/mol. The summed E-state index contributed by atoms with van der Waals surface area (Å²) in [4.78, 5) is 24.1. The van der Waals surface area contributed by atoms with E-state index in [4.69, 9.17) is 0 Å². The Kier molecular flexibility index (Phi) is 5.26. The molecule has 2 aromatic heterocycles. The number of hydrogen-bond donors (Lipinski definition) is 1. The van der Waals surface area contributed by atoms with E-state index in [1.54, 1.807) is 0 Å². The summed E-state index contributed by atoms with van der Waals surface area (Å²) in [5, 5.41) is 1.97. The normalized spacial score (nSPS) is 11.1. The Labute approximate surface area is 168 Å². The molecule has 1 N–H and O–H groups in total. The van der Waals surface area contributed by atoms with Crippen LogP contribution in [-0.4, -0.2) is 15.9 Å². The smallest absolute Gasteiger partial charge is 0.268 e. The lowest BCUT2D eigenvalue weighted by Crippen LogP contribution is -2.30. The average Bonchev–Trinajstić information content (AvgIpc) is 3.31. The highest BCUT2D eigenvalue weighted by molar-refractivity contribution is 7.12. The van der Waals surface area contributed by atoms with Gasteiger partial charge in [0, 0.05) is 12.1 Å². The van der Waals surface area contributed by atoms with Crippen LogP contribution in [0.1, 0.15) is 40.0 Å². The number of benzene rings is 2. The maximum Gasteiger partial charge on any atom is 0.268 e. The summed E-state index contributed by atoms with van der Waals surface area (Å²) in [5.41, 5.74) is 4.89. The van der Waals surface area contributed by atoms with Gasteiger partial charge in [0.05, 0.1) is 22.5 Å². The van der Waals surface area contributed by atoms with E-state index >= 15 is 0 Å². The zero-order valence-electron chi connectivity index (χ0n) is 16.1. The number of aryl methyl sites for hydroxylation is 2. The molecule has 0 unspecified atom stereocenters. The van der Waals surface area contributed by atoms with Gasteiger partial charge in [0.2, 0.25) is 0 Å². The predicted molar refractivity (Wildman–Crippen MR) is 116 cm³/mol. The number of hydrogen-bond acceptors (Lipinski definition) is 3. The first-order valence-electron chi connectivity index (χ1n) is 9.54. The van der Waals surface area contributed by atoms with Gasteiger partial charge in [-0.15, -0.1) is 11.3 Å². The summed E-state index contributed by atoms with van der Waals surface area (Å²) in [5.74, 6) is 1.02. The second kappa shape index (κ2) is 7.98. The Balaban J connectivity index is 1.74. The first-order chi connectivity index (χ1) is 13.7. The number of fused-ring (bicyclic) bond motifs is 1. The predicted octanol–water partition coefficient (Wildman–Crippen LogP) is 5.73. The van der Waals surface area contributed by atoms with Crippen LogP contribution in [-0.2, 0) is 13.0 Å². The summed E-state index contributed by atoms with van der Waals surface area (Å²) >= 11 is 1.49. The summed E-state index contributed by atoms with van der Waals surface area (Å²) in [6, 6.07) is 18.1. The molecule has 0 aliphatic carbocycles. The van der Waals surface area contributed by atoms with Crippen LogP contribution in [0.2, 0.25) is 0 Å². The van der Waals surface area contributed by atoms with Crippen molar-refractivity contribution in [3.05, 3.63) is 81.8 Å². The zero-order chi connectivity index (χ0) is 19.5. The van der Waals surface area contributed by atoms with Crippen molar-refractivity contribution in [1.29, 1.82) is 0 Å². The van der Waals surface area contributed by atoms with Crippen LogP contribution in [0.4, 0.5) is 5.69 Å². The number of carbonyl (C=O) groups excluding carboxylic acids is 1. The summed E-state index contributed by atoms with van der Waals surface area (Å²) in [6.45, 7) is 4.65. The van der Waals surface area contributed by atoms with Crippen molar-refractivity contribution in [2.24, 2.45) is 0 Å². The van der Waals surface area contributed by atoms with Gasteiger partial charge in [-0.1, -0.05) is 37.3 Å². The van der Waals surface area contributed by atoms with Crippen LogP contribution in [0, 0.1) is 6.92 Å². The number of H-pyrrole nitrogens is 1. The molecule has 28 heavy (non-hydrogen) atoms. The number of anilines is 1. The second-order valence-corrected chi connectivity index (χ2v) is 7.86. The highest BCUT2D eigenvalue weighted by Gasteiger charge is 2.21. The minimum Gasteiger partial charge on any atom is -0.342 e. The third-order valence-electron chi connectivity index (χ3n) is 4.80. The van der Waals surface area contributed by atoms with Gasteiger partial charge in [-0.25, -0.2) is 4.98 Å². The van der Waals surface area contributed by atoms with Gasteiger partial charge in [-0.05, 0) is 54.1 Å². The number of carbonyl (C=O) groups is 1. The molecular formula is C23H23N3OS. The van der Waals surface area contributed by atoms with Gasteiger partial charge in [-0.2, -0.15) is 0 Å². The number of thiophene rings is 1. The highest BCUT2D eigenvalue weighted by atomic mass is 32.1. The SMILES string of the molecule is CCCc1nc2ccc(N(Cc3ccccc3)C(=O)c3sccc3C)cc2[nH]1. The van der Waals surface area contributed by atoms with E-state index in [9.17, 15) is 4.79 Å². The number of imidazole rings is 1. The zero-order valence-corrected chi connectivity index (χ0v) is 16.9. The van der Waals surface area contributed by atoms with Gasteiger partial charge in [0.1, 0.15) is 5.82 Å². The number of nitrogens with one attached hydrogen (secondary N) is 1. The summed E-state index contributed by atoms with van der Waals surface area (Å²) in [6.07, 6.45) is 1.97. The molecule has 0 atom stereocenters. The topological polar surface area (TPSA) is 49.0 Å². The maximum absolute atomic E-state index is 13.4. The number of amides is 1. The van der Waals surface area contributed by atoms with Crippen molar-refractivity contribution < 1.29 is 4.79 Å². The maximum atomic E-state index is 13.4. The lowest BCUT2D eigenvalue weighted by Gasteiger charge is -2.23. The lowest BCUT2D eigenvalue weighted by molar-refractivity contribution is 0.0988. The van der Waals surface area contributed by atoms with Crippen LogP contribution in [0.5, 0.6) is 0 Å². The van der Waals surface area contributed by atoms with E-state index in [1.807, 2.05) is 59.7 Å². The molecule has 0 spiro atoms. The van der Waals surface area contributed by atoms with Crippen LogP contribution in [0.3, 0.4) is 0 Å². The van der Waals surface area contributed by atoms with Gasteiger partial charge in [-0.3, -0.25) is 4.79 Å². The quantitative estimate of drug-likeness (QED) is 0.458. The minimum absolute atomic E-state index is 0.0315. The van der Waals surface area contributed by atoms with Crippen molar-refractivity contribution in [2.75, 3.05) is 4.90 Å². The van der Waals surface area contributed by atoms with Crippen LogP contribution in [0.25, 0.3) is 11.0 Å². The van der Waals surface area contributed by atoms with Gasteiger partial charge in [0.15, 0.2) is 0 Å². The molecule has 4 nitrogen and oxygen atoms in total. The van der Waals surface area contributed by atoms with Crippen LogP contribution in [0.15, 0.2) is 60.0 Å². The summed E-state index contributed by atoms with van der Waals surface area (Å²) in [7, 11) is 0.